The fraction of sp³-hybridized carbons (Fsp3) is 0. The number of halogens is 1. The Morgan fingerprint density at radius 2 is 2.05 bits per heavy atom. The van der Waals surface area contributed by atoms with Crippen molar-refractivity contribution in [3.05, 3.63) is 53.6 Å². The molecule has 0 atom stereocenters. The summed E-state index contributed by atoms with van der Waals surface area (Å²) in [6.07, 6.45) is 3.68. The summed E-state index contributed by atoms with van der Waals surface area (Å²) in [7, 11) is 0. The van der Waals surface area contributed by atoms with Gasteiger partial charge in [0, 0.05) is 17.3 Å². The average Bonchev–Trinajstić information content (AvgIpc) is 2.47. The van der Waals surface area contributed by atoms with Crippen LogP contribution in [0.4, 0.5) is 11.5 Å². The topological polar surface area (TPSA) is 67.8 Å². The highest BCUT2D eigenvalue weighted by Crippen LogP contribution is 2.23. The Labute approximate surface area is 119 Å². The second-order valence-electron chi connectivity index (χ2n) is 4.08. The second kappa shape index (κ2) is 5.22. The summed E-state index contributed by atoms with van der Waals surface area (Å²) in [5.74, 6) is 0.378. The molecule has 1 N–H and O–H groups in total. The maximum atomic E-state index is 11.0. The van der Waals surface area contributed by atoms with E-state index in [-0.39, 0.29) is 10.7 Å². The molecule has 0 fully saturated rings. The van der Waals surface area contributed by atoms with Crippen LogP contribution in [0.25, 0.3) is 10.9 Å². The Hall–Kier alpha value is -2.53. The number of fused-ring (bicyclic) bond motifs is 1. The monoisotopic (exact) mass is 284 g/mol. The van der Waals surface area contributed by atoms with Crippen LogP contribution < -0.4 is 5.32 Å². The van der Waals surface area contributed by atoms with E-state index in [4.69, 9.17) is 11.6 Å². The molecule has 3 aromatic rings. The molecule has 2 aromatic heterocycles. The van der Waals surface area contributed by atoms with Gasteiger partial charge in [0.25, 0.3) is 0 Å². The van der Waals surface area contributed by atoms with Crippen LogP contribution in [-0.2, 0) is 0 Å². The van der Waals surface area contributed by atoms with Gasteiger partial charge in [0.05, 0.1) is 11.1 Å². The van der Waals surface area contributed by atoms with Gasteiger partial charge in [-0.3, -0.25) is 9.78 Å². The van der Waals surface area contributed by atoms with Crippen molar-refractivity contribution in [1.82, 2.24) is 15.0 Å². The van der Waals surface area contributed by atoms with Crippen LogP contribution >= 0.6 is 11.6 Å². The van der Waals surface area contributed by atoms with Crippen molar-refractivity contribution in [1.29, 1.82) is 0 Å². The lowest BCUT2D eigenvalue weighted by molar-refractivity contribution is 0.112. The van der Waals surface area contributed by atoms with Crippen LogP contribution in [0.5, 0.6) is 0 Å². The van der Waals surface area contributed by atoms with Crippen molar-refractivity contribution in [2.75, 3.05) is 5.32 Å². The number of carbonyl (C=O) groups excluding carboxylic acids is 1. The molecule has 0 radical (unpaired) electrons. The Balaban J connectivity index is 2.01. The number of benzene rings is 1. The minimum atomic E-state index is 0.125. The Kier molecular flexibility index (Phi) is 3.26. The van der Waals surface area contributed by atoms with Gasteiger partial charge in [-0.05, 0) is 24.3 Å². The molecular formula is C14H9ClN4O. The van der Waals surface area contributed by atoms with E-state index in [1.165, 1.54) is 6.33 Å². The molecular weight excluding hydrogens is 276 g/mol. The summed E-state index contributed by atoms with van der Waals surface area (Å²) in [5.41, 5.74) is 1.93. The summed E-state index contributed by atoms with van der Waals surface area (Å²) >= 11 is 5.86. The Morgan fingerprint density at radius 1 is 1.15 bits per heavy atom. The third kappa shape index (κ3) is 2.31. The molecule has 3 rings (SSSR count). The van der Waals surface area contributed by atoms with Crippen molar-refractivity contribution < 1.29 is 4.79 Å². The van der Waals surface area contributed by atoms with Crippen LogP contribution in [0, 0.1) is 0 Å². The van der Waals surface area contributed by atoms with Crippen LogP contribution in [0.1, 0.15) is 10.4 Å². The molecule has 2 heterocycles. The SMILES string of the molecule is O=Cc1c(Cl)ncnc1Nc1ccc2ncccc2c1. The van der Waals surface area contributed by atoms with Gasteiger partial charge in [-0.25, -0.2) is 9.97 Å². The van der Waals surface area contributed by atoms with Gasteiger partial charge in [-0.15, -0.1) is 0 Å². The fourth-order valence-electron chi connectivity index (χ4n) is 1.87. The minimum absolute atomic E-state index is 0.125. The third-order valence-electron chi connectivity index (χ3n) is 2.82. The number of nitrogens with one attached hydrogen (secondary N) is 1. The van der Waals surface area contributed by atoms with Gasteiger partial charge in [0.2, 0.25) is 0 Å². The quantitative estimate of drug-likeness (QED) is 0.591. The van der Waals surface area contributed by atoms with E-state index in [1.807, 2.05) is 30.3 Å². The number of rotatable bonds is 3. The molecule has 0 unspecified atom stereocenters. The highest BCUT2D eigenvalue weighted by Gasteiger charge is 2.09. The predicted octanol–water partition coefficient (Wildman–Crippen LogP) is 3.23. The number of hydrogen-bond acceptors (Lipinski definition) is 5. The smallest absolute Gasteiger partial charge is 0.156 e. The number of hydrogen-bond donors (Lipinski definition) is 1. The average molecular weight is 285 g/mol. The number of pyridine rings is 1. The van der Waals surface area contributed by atoms with Crippen molar-refractivity contribution in [3.63, 3.8) is 0 Å². The van der Waals surface area contributed by atoms with E-state index in [1.54, 1.807) is 6.20 Å². The van der Waals surface area contributed by atoms with Crippen molar-refractivity contribution in [3.8, 4) is 0 Å². The normalized spacial score (nSPS) is 10.4. The second-order valence-corrected chi connectivity index (χ2v) is 4.44. The van der Waals surface area contributed by atoms with E-state index < -0.39 is 0 Å². The molecule has 0 aliphatic rings. The maximum Gasteiger partial charge on any atom is 0.156 e. The number of aldehydes is 1. The largest absolute Gasteiger partial charge is 0.339 e. The summed E-state index contributed by atoms with van der Waals surface area (Å²) in [6, 6.07) is 9.50. The molecule has 6 heteroatoms. The number of anilines is 2. The predicted molar refractivity (Wildman–Crippen MR) is 77.5 cm³/mol. The first kappa shape index (κ1) is 12.5. The van der Waals surface area contributed by atoms with Gasteiger partial charge in [0.15, 0.2) is 6.29 Å². The molecule has 0 aliphatic heterocycles. The van der Waals surface area contributed by atoms with Gasteiger partial charge in [-0.1, -0.05) is 17.7 Å². The molecule has 1 aromatic carbocycles. The standard InChI is InChI=1S/C14H9ClN4O/c15-13-11(7-20)14(18-8-17-13)19-10-3-4-12-9(6-10)2-1-5-16-12/h1-8H,(H,17,18,19). The minimum Gasteiger partial charge on any atom is -0.339 e. The molecule has 5 nitrogen and oxygen atoms in total. The first-order valence-electron chi connectivity index (χ1n) is 5.85. The van der Waals surface area contributed by atoms with Crippen molar-refractivity contribution in [2.45, 2.75) is 0 Å². The molecule has 0 bridgehead atoms. The van der Waals surface area contributed by atoms with E-state index in [2.05, 4.69) is 20.3 Å². The number of nitrogens with zero attached hydrogens (tertiary/aromatic N) is 3. The van der Waals surface area contributed by atoms with E-state index in [0.717, 1.165) is 16.6 Å². The van der Waals surface area contributed by atoms with Crippen LogP contribution in [0.3, 0.4) is 0 Å². The first-order chi connectivity index (χ1) is 9.78. The van der Waals surface area contributed by atoms with Gasteiger partial charge in [0.1, 0.15) is 17.3 Å². The van der Waals surface area contributed by atoms with Gasteiger partial charge in [-0.2, -0.15) is 0 Å². The number of carbonyl (C=O) groups is 1. The zero-order valence-corrected chi connectivity index (χ0v) is 11.0. The lowest BCUT2D eigenvalue weighted by atomic mass is 10.2. The summed E-state index contributed by atoms with van der Waals surface area (Å²) in [4.78, 5) is 23.1. The molecule has 0 saturated heterocycles. The van der Waals surface area contributed by atoms with E-state index in [9.17, 15) is 4.79 Å². The zero-order chi connectivity index (χ0) is 13.9. The zero-order valence-electron chi connectivity index (χ0n) is 10.2. The molecule has 0 saturated carbocycles. The lowest BCUT2D eigenvalue weighted by Gasteiger charge is -2.08. The fourth-order valence-corrected chi connectivity index (χ4v) is 2.05. The van der Waals surface area contributed by atoms with Gasteiger partial charge < -0.3 is 5.32 Å². The maximum absolute atomic E-state index is 11.0. The Bertz CT molecular complexity index is 791. The van der Waals surface area contributed by atoms with Crippen LogP contribution in [-0.4, -0.2) is 21.2 Å². The molecule has 0 aliphatic carbocycles. The van der Waals surface area contributed by atoms with E-state index in [0.29, 0.717) is 12.1 Å². The molecule has 98 valence electrons. The van der Waals surface area contributed by atoms with Crippen molar-refractivity contribution >= 4 is 40.3 Å². The van der Waals surface area contributed by atoms with Gasteiger partial charge >= 0.3 is 0 Å². The first-order valence-corrected chi connectivity index (χ1v) is 6.23. The third-order valence-corrected chi connectivity index (χ3v) is 3.12. The van der Waals surface area contributed by atoms with Crippen LogP contribution in [0.2, 0.25) is 5.15 Å². The molecule has 0 amide bonds. The number of aromatic nitrogens is 3. The van der Waals surface area contributed by atoms with Crippen molar-refractivity contribution in [2.24, 2.45) is 0 Å². The summed E-state index contributed by atoms with van der Waals surface area (Å²) in [6.45, 7) is 0. The summed E-state index contributed by atoms with van der Waals surface area (Å²) < 4.78 is 0. The highest BCUT2D eigenvalue weighted by atomic mass is 35.5. The highest BCUT2D eigenvalue weighted by molar-refractivity contribution is 6.32. The Morgan fingerprint density at radius 3 is 2.90 bits per heavy atom. The molecule has 0 spiro atoms. The lowest BCUT2D eigenvalue weighted by Crippen LogP contribution is -2.00. The molecule has 20 heavy (non-hydrogen) atoms. The van der Waals surface area contributed by atoms with Crippen LogP contribution in [0.15, 0.2) is 42.9 Å². The van der Waals surface area contributed by atoms with E-state index >= 15 is 0 Å². The summed E-state index contributed by atoms with van der Waals surface area (Å²) in [5, 5.41) is 4.18.